The van der Waals surface area contributed by atoms with Crippen LogP contribution in [0.2, 0.25) is 0 Å². The molecule has 3 N–H and O–H groups in total. The number of hydrogen-bond donors (Lipinski definition) is 2. The summed E-state index contributed by atoms with van der Waals surface area (Å²) >= 11 is 0. The largest absolute Gasteiger partial charge is 0.358 e. The molecule has 0 aliphatic rings. The second-order valence-electron chi connectivity index (χ2n) is 3.19. The number of sulfonamides is 1. The predicted octanol–water partition coefficient (Wildman–Crippen LogP) is 0.956. The smallest absolute Gasteiger partial charge is 0.214 e. The Balaban J connectivity index is 2.46. The third-order valence-electron chi connectivity index (χ3n) is 1.94. The first-order valence-corrected chi connectivity index (χ1v) is 5.83. The molecule has 14 heavy (non-hydrogen) atoms. The molecule has 74 valence electrons. The zero-order chi connectivity index (χ0) is 10.2. The van der Waals surface area contributed by atoms with E-state index in [9.17, 15) is 8.42 Å². The number of aromatic amines is 1. The van der Waals surface area contributed by atoms with Crippen molar-refractivity contribution in [3.8, 4) is 0 Å². The molecule has 0 spiro atoms. The Hall–Kier alpha value is -1.33. The predicted molar refractivity (Wildman–Crippen MR) is 55.1 cm³/mol. The Kier molecular flexibility index (Phi) is 2.05. The summed E-state index contributed by atoms with van der Waals surface area (Å²) in [6, 6.07) is 9.39. The molecule has 0 saturated heterocycles. The summed E-state index contributed by atoms with van der Waals surface area (Å²) < 4.78 is 21.7. The van der Waals surface area contributed by atoms with E-state index in [0.717, 1.165) is 10.9 Å². The quantitative estimate of drug-likeness (QED) is 0.774. The number of nitrogens with one attached hydrogen (secondary N) is 1. The van der Waals surface area contributed by atoms with Crippen molar-refractivity contribution in [2.24, 2.45) is 5.14 Å². The highest BCUT2D eigenvalue weighted by atomic mass is 32.2. The Morgan fingerprint density at radius 1 is 1.29 bits per heavy atom. The summed E-state index contributed by atoms with van der Waals surface area (Å²) in [6.07, 6.45) is 0. The number of primary sulfonamides is 1. The number of benzene rings is 1. The van der Waals surface area contributed by atoms with E-state index in [0.29, 0.717) is 5.69 Å². The van der Waals surface area contributed by atoms with Crippen LogP contribution in [0.25, 0.3) is 10.9 Å². The molecule has 0 amide bonds. The third-order valence-corrected chi connectivity index (χ3v) is 2.66. The molecule has 0 saturated carbocycles. The number of H-pyrrole nitrogens is 1. The highest BCUT2D eigenvalue weighted by molar-refractivity contribution is 7.88. The lowest BCUT2D eigenvalue weighted by molar-refractivity contribution is 0.596. The Labute approximate surface area is 81.8 Å². The second-order valence-corrected chi connectivity index (χ2v) is 4.80. The van der Waals surface area contributed by atoms with E-state index in [1.165, 1.54) is 0 Å². The number of hydrogen-bond acceptors (Lipinski definition) is 2. The molecule has 2 rings (SSSR count). The highest BCUT2D eigenvalue weighted by Gasteiger charge is 2.07. The van der Waals surface area contributed by atoms with Crippen LogP contribution in [0.1, 0.15) is 5.69 Å². The molecule has 0 radical (unpaired) electrons. The van der Waals surface area contributed by atoms with Gasteiger partial charge in [0, 0.05) is 11.2 Å². The van der Waals surface area contributed by atoms with Gasteiger partial charge >= 0.3 is 0 Å². The van der Waals surface area contributed by atoms with Crippen molar-refractivity contribution in [3.05, 3.63) is 36.0 Å². The molecule has 1 aromatic carbocycles. The maximum absolute atomic E-state index is 10.8. The summed E-state index contributed by atoms with van der Waals surface area (Å²) in [7, 11) is -3.46. The summed E-state index contributed by atoms with van der Waals surface area (Å²) in [5.74, 6) is -0.151. The van der Waals surface area contributed by atoms with E-state index in [4.69, 9.17) is 5.14 Å². The molecule has 0 aliphatic carbocycles. The molecule has 1 heterocycles. The van der Waals surface area contributed by atoms with Crippen LogP contribution >= 0.6 is 0 Å². The van der Waals surface area contributed by atoms with Crippen LogP contribution in [0.4, 0.5) is 0 Å². The topological polar surface area (TPSA) is 76.0 Å². The van der Waals surface area contributed by atoms with E-state index in [1.807, 2.05) is 24.3 Å². The highest BCUT2D eigenvalue weighted by Crippen LogP contribution is 2.15. The Morgan fingerprint density at radius 3 is 2.64 bits per heavy atom. The summed E-state index contributed by atoms with van der Waals surface area (Å²) in [5, 5.41) is 5.93. The van der Waals surface area contributed by atoms with Gasteiger partial charge < -0.3 is 4.98 Å². The maximum Gasteiger partial charge on any atom is 0.214 e. The van der Waals surface area contributed by atoms with E-state index in [-0.39, 0.29) is 5.75 Å². The van der Waals surface area contributed by atoms with Gasteiger partial charge in [-0.25, -0.2) is 13.6 Å². The minimum absolute atomic E-state index is 0.151. The Bertz CT molecular complexity index is 524. The van der Waals surface area contributed by atoms with Crippen molar-refractivity contribution in [1.82, 2.24) is 4.98 Å². The first-order chi connectivity index (χ1) is 6.54. The van der Waals surface area contributed by atoms with Crippen LogP contribution in [0.15, 0.2) is 30.3 Å². The van der Waals surface area contributed by atoms with Crippen molar-refractivity contribution < 1.29 is 8.42 Å². The molecule has 5 heteroatoms. The molecule has 0 unspecified atom stereocenters. The van der Waals surface area contributed by atoms with E-state index >= 15 is 0 Å². The van der Waals surface area contributed by atoms with Gasteiger partial charge in [-0.3, -0.25) is 0 Å². The number of para-hydroxylation sites is 1. The molecule has 1 aromatic heterocycles. The van der Waals surface area contributed by atoms with Gasteiger partial charge in [0.2, 0.25) is 10.0 Å². The average molecular weight is 210 g/mol. The average Bonchev–Trinajstić information content (AvgIpc) is 2.42. The fourth-order valence-electron chi connectivity index (χ4n) is 1.43. The van der Waals surface area contributed by atoms with Gasteiger partial charge in [0.15, 0.2) is 0 Å². The van der Waals surface area contributed by atoms with Gasteiger partial charge in [-0.15, -0.1) is 0 Å². The van der Waals surface area contributed by atoms with Crippen LogP contribution in [-0.2, 0) is 15.8 Å². The molecular weight excluding hydrogens is 200 g/mol. The van der Waals surface area contributed by atoms with E-state index < -0.39 is 10.0 Å². The fourth-order valence-corrected chi connectivity index (χ4v) is 2.02. The van der Waals surface area contributed by atoms with Crippen LogP contribution in [0.5, 0.6) is 0 Å². The Morgan fingerprint density at radius 2 is 2.00 bits per heavy atom. The summed E-state index contributed by atoms with van der Waals surface area (Å²) in [4.78, 5) is 2.99. The zero-order valence-electron chi connectivity index (χ0n) is 7.40. The number of rotatable bonds is 2. The lowest BCUT2D eigenvalue weighted by atomic mass is 10.2. The van der Waals surface area contributed by atoms with Crippen LogP contribution in [0, 0.1) is 0 Å². The van der Waals surface area contributed by atoms with Gasteiger partial charge in [0.25, 0.3) is 0 Å². The first kappa shape index (κ1) is 9.23. The van der Waals surface area contributed by atoms with E-state index in [2.05, 4.69) is 4.98 Å². The van der Waals surface area contributed by atoms with Crippen molar-refractivity contribution in [3.63, 3.8) is 0 Å². The van der Waals surface area contributed by atoms with Crippen LogP contribution < -0.4 is 5.14 Å². The number of nitrogens with two attached hydrogens (primary N) is 1. The molecule has 2 aromatic rings. The lowest BCUT2D eigenvalue weighted by Crippen LogP contribution is -2.14. The van der Waals surface area contributed by atoms with Crippen molar-refractivity contribution in [1.29, 1.82) is 0 Å². The van der Waals surface area contributed by atoms with Gasteiger partial charge in [-0.1, -0.05) is 18.2 Å². The van der Waals surface area contributed by atoms with E-state index in [1.54, 1.807) is 6.07 Å². The zero-order valence-corrected chi connectivity index (χ0v) is 8.21. The number of fused-ring (bicyclic) bond motifs is 1. The standard InChI is InChI=1S/C9H10N2O2S/c10-14(12,13)6-8-5-7-3-1-2-4-9(7)11-8/h1-5,11H,6H2,(H2,10,12,13). The van der Waals surface area contributed by atoms with Gasteiger partial charge in [0.1, 0.15) is 5.75 Å². The second kappa shape index (κ2) is 3.11. The monoisotopic (exact) mass is 210 g/mol. The molecule has 0 aliphatic heterocycles. The minimum Gasteiger partial charge on any atom is -0.358 e. The first-order valence-electron chi connectivity index (χ1n) is 4.12. The normalized spacial score (nSPS) is 12.1. The summed E-state index contributed by atoms with van der Waals surface area (Å²) in [5.41, 5.74) is 1.54. The van der Waals surface area contributed by atoms with Crippen LogP contribution in [-0.4, -0.2) is 13.4 Å². The molecule has 0 atom stereocenters. The van der Waals surface area contributed by atoms with Crippen molar-refractivity contribution >= 4 is 20.9 Å². The lowest BCUT2D eigenvalue weighted by Gasteiger charge is -1.92. The van der Waals surface area contributed by atoms with Gasteiger partial charge in [0.05, 0.1) is 0 Å². The van der Waals surface area contributed by atoms with Crippen molar-refractivity contribution in [2.75, 3.05) is 0 Å². The number of aromatic nitrogens is 1. The maximum atomic E-state index is 10.8. The summed E-state index contributed by atoms with van der Waals surface area (Å²) in [6.45, 7) is 0. The third kappa shape index (κ3) is 1.94. The van der Waals surface area contributed by atoms with Crippen molar-refractivity contribution in [2.45, 2.75) is 5.75 Å². The van der Waals surface area contributed by atoms with Crippen LogP contribution in [0.3, 0.4) is 0 Å². The molecule has 0 fully saturated rings. The molecule has 4 nitrogen and oxygen atoms in total. The minimum atomic E-state index is -3.46. The van der Waals surface area contributed by atoms with Gasteiger partial charge in [-0.2, -0.15) is 0 Å². The SMILES string of the molecule is NS(=O)(=O)Cc1cc2ccccc2[nH]1. The fraction of sp³-hybridized carbons (Fsp3) is 0.111. The van der Waals surface area contributed by atoms with Gasteiger partial charge in [-0.05, 0) is 17.5 Å². The molecular formula is C9H10N2O2S. The molecule has 0 bridgehead atoms.